The third-order valence-corrected chi connectivity index (χ3v) is 3.56. The summed E-state index contributed by atoms with van der Waals surface area (Å²) in [5, 5.41) is 21.9. The minimum Gasteiger partial charge on any atom is -0.481 e. The average molecular weight is 288 g/mol. The number of nitrogens with one attached hydrogen (secondary N) is 1. The van der Waals surface area contributed by atoms with Crippen molar-refractivity contribution in [2.75, 3.05) is 33.4 Å². The molecule has 7 nitrogen and oxygen atoms in total. The molecule has 7 heteroatoms. The molecule has 0 aromatic heterocycles. The van der Waals surface area contributed by atoms with E-state index in [1.54, 1.807) is 20.9 Å². The van der Waals surface area contributed by atoms with Gasteiger partial charge in [-0.05, 0) is 13.8 Å². The molecule has 0 radical (unpaired) electrons. The number of hydrogen-bond donors (Lipinski definition) is 3. The second-order valence-corrected chi connectivity index (χ2v) is 6.04. The van der Waals surface area contributed by atoms with Crippen LogP contribution in [-0.2, 0) is 9.53 Å². The van der Waals surface area contributed by atoms with E-state index >= 15 is 0 Å². The normalized spacial score (nSPS) is 18.4. The van der Waals surface area contributed by atoms with E-state index in [1.165, 1.54) is 4.90 Å². The average Bonchev–Trinajstić information content (AvgIpc) is 2.36. The number of carboxylic acid groups (broad SMARTS) is 1. The molecule has 116 valence electrons. The lowest BCUT2D eigenvalue weighted by atomic mass is 9.93. The summed E-state index contributed by atoms with van der Waals surface area (Å²) >= 11 is 0. The number of carbonyl (C=O) groups excluding carboxylic acids is 1. The summed E-state index contributed by atoms with van der Waals surface area (Å²) in [7, 11) is 1.58. The second-order valence-electron chi connectivity index (χ2n) is 6.04. The molecule has 1 saturated heterocycles. The zero-order valence-electron chi connectivity index (χ0n) is 12.3. The topological polar surface area (TPSA) is 99.1 Å². The lowest BCUT2D eigenvalue weighted by molar-refractivity contribution is -0.146. The molecule has 0 atom stereocenters. The number of likely N-dealkylation sites (N-methyl/N-ethyl adjacent to an activating group) is 1. The van der Waals surface area contributed by atoms with Gasteiger partial charge in [-0.25, -0.2) is 4.79 Å². The van der Waals surface area contributed by atoms with Crippen LogP contribution in [0.5, 0.6) is 0 Å². The predicted octanol–water partition coefficient (Wildman–Crippen LogP) is 0.280. The Morgan fingerprint density at radius 3 is 2.40 bits per heavy atom. The fraction of sp³-hybridized carbons (Fsp3) is 0.846. The van der Waals surface area contributed by atoms with Crippen LogP contribution < -0.4 is 5.32 Å². The van der Waals surface area contributed by atoms with Crippen molar-refractivity contribution < 1.29 is 24.5 Å². The first kappa shape index (κ1) is 16.7. The molecule has 1 aliphatic heterocycles. The molecule has 0 aliphatic carbocycles. The van der Waals surface area contributed by atoms with Crippen LogP contribution >= 0.6 is 0 Å². The van der Waals surface area contributed by atoms with Crippen molar-refractivity contribution in [3.63, 3.8) is 0 Å². The van der Waals surface area contributed by atoms with E-state index in [9.17, 15) is 14.7 Å². The highest BCUT2D eigenvalue weighted by molar-refractivity contribution is 5.77. The molecule has 0 aromatic carbocycles. The van der Waals surface area contributed by atoms with Crippen LogP contribution in [0, 0.1) is 5.41 Å². The zero-order valence-corrected chi connectivity index (χ0v) is 12.3. The minimum absolute atomic E-state index is 0.0348. The molecular weight excluding hydrogens is 264 g/mol. The van der Waals surface area contributed by atoms with Crippen LogP contribution in [0.2, 0.25) is 0 Å². The van der Waals surface area contributed by atoms with Crippen LogP contribution in [0.25, 0.3) is 0 Å². The second kappa shape index (κ2) is 6.41. The van der Waals surface area contributed by atoms with Gasteiger partial charge < -0.3 is 25.2 Å². The van der Waals surface area contributed by atoms with Gasteiger partial charge in [0, 0.05) is 39.6 Å². The largest absolute Gasteiger partial charge is 0.481 e. The predicted molar refractivity (Wildman–Crippen MR) is 72.4 cm³/mol. The van der Waals surface area contributed by atoms with Gasteiger partial charge in [0.15, 0.2) is 0 Å². The van der Waals surface area contributed by atoms with E-state index in [-0.39, 0.29) is 19.1 Å². The Kier molecular flexibility index (Phi) is 5.35. The van der Waals surface area contributed by atoms with Gasteiger partial charge in [-0.1, -0.05) is 0 Å². The summed E-state index contributed by atoms with van der Waals surface area (Å²) < 4.78 is 5.18. The van der Waals surface area contributed by atoms with Crippen molar-refractivity contribution in [1.82, 2.24) is 10.2 Å². The molecule has 0 bridgehead atoms. The summed E-state index contributed by atoms with van der Waals surface area (Å²) in [6.45, 7) is 4.29. The van der Waals surface area contributed by atoms with E-state index in [0.29, 0.717) is 26.1 Å². The number of ether oxygens (including phenoxy) is 1. The zero-order chi connectivity index (χ0) is 15.4. The van der Waals surface area contributed by atoms with Gasteiger partial charge in [0.05, 0.1) is 17.6 Å². The maximum absolute atomic E-state index is 11.9. The number of carboxylic acids is 1. The smallest absolute Gasteiger partial charge is 0.317 e. The van der Waals surface area contributed by atoms with Gasteiger partial charge in [-0.2, -0.15) is 0 Å². The van der Waals surface area contributed by atoms with Gasteiger partial charge in [-0.15, -0.1) is 0 Å². The van der Waals surface area contributed by atoms with Crippen LogP contribution in [0.1, 0.15) is 26.7 Å². The molecule has 1 rings (SSSR count). The molecule has 0 spiro atoms. The van der Waals surface area contributed by atoms with Gasteiger partial charge in [0.2, 0.25) is 0 Å². The molecule has 0 unspecified atom stereocenters. The number of hydrogen-bond acceptors (Lipinski definition) is 4. The standard InChI is InChI=1S/C13H24N2O5/c1-12(2,10(16)17)8-14-11(18)15(3)9-13(19)4-6-20-7-5-13/h19H,4-9H2,1-3H3,(H,14,18)(H,16,17). The molecule has 1 heterocycles. The highest BCUT2D eigenvalue weighted by Gasteiger charge is 2.33. The molecule has 0 aromatic rings. The first-order valence-electron chi connectivity index (χ1n) is 6.69. The van der Waals surface area contributed by atoms with Crippen molar-refractivity contribution >= 4 is 12.0 Å². The number of aliphatic hydroxyl groups is 1. The van der Waals surface area contributed by atoms with E-state index in [2.05, 4.69) is 5.32 Å². The number of nitrogens with zero attached hydrogens (tertiary/aromatic N) is 1. The SMILES string of the molecule is CN(CC1(O)CCOCC1)C(=O)NCC(C)(C)C(=O)O. The summed E-state index contributed by atoms with van der Waals surface area (Å²) in [5.41, 5.74) is -1.95. The van der Waals surface area contributed by atoms with Crippen molar-refractivity contribution in [1.29, 1.82) is 0 Å². The van der Waals surface area contributed by atoms with E-state index in [1.807, 2.05) is 0 Å². The van der Waals surface area contributed by atoms with Gasteiger partial charge >= 0.3 is 12.0 Å². The maximum atomic E-state index is 11.9. The van der Waals surface area contributed by atoms with Crippen LogP contribution in [0.3, 0.4) is 0 Å². The highest BCUT2D eigenvalue weighted by atomic mass is 16.5. The van der Waals surface area contributed by atoms with E-state index in [0.717, 1.165) is 0 Å². The Bertz CT molecular complexity index is 364. The number of aliphatic carboxylic acids is 1. The summed E-state index contributed by atoms with van der Waals surface area (Å²) in [6, 6.07) is -0.390. The molecule has 1 fully saturated rings. The minimum atomic E-state index is -1.02. The molecule has 3 N–H and O–H groups in total. The number of rotatable bonds is 5. The van der Waals surface area contributed by atoms with Gasteiger partial charge in [0.25, 0.3) is 0 Å². The molecule has 1 aliphatic rings. The number of amides is 2. The van der Waals surface area contributed by atoms with Gasteiger partial charge in [-0.3, -0.25) is 4.79 Å². The van der Waals surface area contributed by atoms with Crippen LogP contribution in [0.4, 0.5) is 4.79 Å². The summed E-state index contributed by atoms with van der Waals surface area (Å²) in [6.07, 6.45) is 0.983. The lowest BCUT2D eigenvalue weighted by Gasteiger charge is -2.35. The summed E-state index contributed by atoms with van der Waals surface area (Å²) in [5.74, 6) is -0.969. The van der Waals surface area contributed by atoms with Crippen molar-refractivity contribution in [2.24, 2.45) is 5.41 Å². The molecule has 2 amide bonds. The van der Waals surface area contributed by atoms with Crippen molar-refractivity contribution in [3.05, 3.63) is 0 Å². The number of carbonyl (C=O) groups is 2. The number of urea groups is 1. The highest BCUT2D eigenvalue weighted by Crippen LogP contribution is 2.21. The Balaban J connectivity index is 2.45. The first-order valence-corrected chi connectivity index (χ1v) is 6.69. The maximum Gasteiger partial charge on any atom is 0.317 e. The Morgan fingerprint density at radius 1 is 1.35 bits per heavy atom. The van der Waals surface area contributed by atoms with E-state index in [4.69, 9.17) is 9.84 Å². The van der Waals surface area contributed by atoms with E-state index < -0.39 is 17.0 Å². The Hall–Kier alpha value is -1.34. The first-order chi connectivity index (χ1) is 9.16. The fourth-order valence-corrected chi connectivity index (χ4v) is 1.93. The monoisotopic (exact) mass is 288 g/mol. The quantitative estimate of drug-likeness (QED) is 0.675. The Labute approximate surface area is 118 Å². The fourth-order valence-electron chi connectivity index (χ4n) is 1.93. The molecule has 20 heavy (non-hydrogen) atoms. The van der Waals surface area contributed by atoms with Crippen molar-refractivity contribution in [3.8, 4) is 0 Å². The molecular formula is C13H24N2O5. The van der Waals surface area contributed by atoms with Crippen molar-refractivity contribution in [2.45, 2.75) is 32.3 Å². The lowest BCUT2D eigenvalue weighted by Crippen LogP contribution is -2.51. The third kappa shape index (κ3) is 4.64. The van der Waals surface area contributed by atoms with Crippen LogP contribution in [0.15, 0.2) is 0 Å². The van der Waals surface area contributed by atoms with Crippen LogP contribution in [-0.4, -0.2) is 66.1 Å². The Morgan fingerprint density at radius 2 is 1.90 bits per heavy atom. The third-order valence-electron chi connectivity index (χ3n) is 3.56. The summed E-state index contributed by atoms with van der Waals surface area (Å²) in [4.78, 5) is 24.2. The molecule has 0 saturated carbocycles. The van der Waals surface area contributed by atoms with Gasteiger partial charge in [0.1, 0.15) is 0 Å².